The van der Waals surface area contributed by atoms with Crippen molar-refractivity contribution in [2.24, 2.45) is 0 Å². The summed E-state index contributed by atoms with van der Waals surface area (Å²) in [5.74, 6) is 1.04. The van der Waals surface area contributed by atoms with E-state index >= 15 is 0 Å². The van der Waals surface area contributed by atoms with Gasteiger partial charge in [0.2, 0.25) is 11.8 Å². The van der Waals surface area contributed by atoms with E-state index in [0.717, 1.165) is 49.0 Å². The van der Waals surface area contributed by atoms with E-state index in [-0.39, 0.29) is 17.9 Å². The Balaban J connectivity index is 1.59. The monoisotopic (exact) mass is 458 g/mol. The number of thioether (sulfide) groups is 1. The van der Waals surface area contributed by atoms with Gasteiger partial charge in [-0.3, -0.25) is 9.59 Å². The molecule has 2 amide bonds. The highest BCUT2D eigenvalue weighted by molar-refractivity contribution is 7.99. The number of benzene rings is 2. The maximum atomic E-state index is 13.1. The number of carbonyl (C=O) groups excluding carboxylic acids is 2. The summed E-state index contributed by atoms with van der Waals surface area (Å²) >= 11 is 7.51. The second-order valence-electron chi connectivity index (χ2n) is 8.11. The quantitative estimate of drug-likeness (QED) is 0.539. The van der Waals surface area contributed by atoms with E-state index in [2.05, 4.69) is 17.4 Å². The minimum atomic E-state index is -0.479. The van der Waals surface area contributed by atoms with Crippen LogP contribution in [0.1, 0.15) is 43.7 Å². The first-order chi connectivity index (χ1) is 15.0. The fourth-order valence-corrected chi connectivity index (χ4v) is 4.88. The van der Waals surface area contributed by atoms with Crippen LogP contribution in [0.5, 0.6) is 0 Å². The van der Waals surface area contributed by atoms with Gasteiger partial charge in [-0.1, -0.05) is 66.9 Å². The molecule has 1 saturated carbocycles. The van der Waals surface area contributed by atoms with E-state index in [9.17, 15) is 9.59 Å². The van der Waals surface area contributed by atoms with Gasteiger partial charge in [0.1, 0.15) is 6.04 Å². The number of hydrogen-bond donors (Lipinski definition) is 1. The van der Waals surface area contributed by atoms with Gasteiger partial charge in [0, 0.05) is 23.4 Å². The molecule has 0 radical (unpaired) electrons. The van der Waals surface area contributed by atoms with E-state index in [1.54, 1.807) is 16.7 Å². The van der Waals surface area contributed by atoms with Crippen LogP contribution in [0, 0.1) is 0 Å². The zero-order valence-corrected chi connectivity index (χ0v) is 19.6. The zero-order valence-electron chi connectivity index (χ0n) is 18.1. The Hall–Kier alpha value is -1.98. The van der Waals surface area contributed by atoms with Crippen LogP contribution in [0.15, 0.2) is 54.6 Å². The minimum Gasteiger partial charge on any atom is -0.352 e. The predicted octanol–water partition coefficient (Wildman–Crippen LogP) is 5.09. The van der Waals surface area contributed by atoms with Gasteiger partial charge in [0.25, 0.3) is 0 Å². The van der Waals surface area contributed by atoms with Crippen molar-refractivity contribution in [3.05, 3.63) is 70.7 Å². The van der Waals surface area contributed by atoms with E-state index in [1.807, 2.05) is 49.4 Å². The predicted molar refractivity (Wildman–Crippen MR) is 129 cm³/mol. The van der Waals surface area contributed by atoms with E-state index in [0.29, 0.717) is 17.3 Å². The molecule has 0 spiro atoms. The van der Waals surface area contributed by atoms with E-state index < -0.39 is 6.04 Å². The number of halogens is 1. The van der Waals surface area contributed by atoms with Gasteiger partial charge in [-0.15, -0.1) is 11.8 Å². The van der Waals surface area contributed by atoms with Crippen LogP contribution < -0.4 is 5.32 Å². The Bertz CT molecular complexity index is 838. The SMILES string of the molecule is CC(C(=O)NC1CCCC1)N(CCc1ccccc1)C(=O)CSCc1ccc(Cl)cc1. The van der Waals surface area contributed by atoms with Gasteiger partial charge < -0.3 is 10.2 Å². The van der Waals surface area contributed by atoms with Crippen molar-refractivity contribution < 1.29 is 9.59 Å². The summed E-state index contributed by atoms with van der Waals surface area (Å²) in [6, 6.07) is 17.5. The molecule has 1 aliphatic carbocycles. The Morgan fingerprint density at radius 3 is 2.42 bits per heavy atom. The molecule has 3 rings (SSSR count). The second kappa shape index (κ2) is 12.2. The van der Waals surface area contributed by atoms with Crippen molar-refractivity contribution in [3.8, 4) is 0 Å². The third-order valence-corrected chi connectivity index (χ3v) is 7.00. The van der Waals surface area contributed by atoms with Crippen LogP contribution in [0.2, 0.25) is 5.02 Å². The summed E-state index contributed by atoms with van der Waals surface area (Å²) in [7, 11) is 0. The lowest BCUT2D eigenvalue weighted by molar-refractivity contribution is -0.138. The van der Waals surface area contributed by atoms with Gasteiger partial charge in [0.15, 0.2) is 0 Å². The minimum absolute atomic E-state index is 0.00367. The largest absolute Gasteiger partial charge is 0.352 e. The molecule has 0 saturated heterocycles. The van der Waals surface area contributed by atoms with Gasteiger partial charge in [-0.25, -0.2) is 0 Å². The smallest absolute Gasteiger partial charge is 0.242 e. The molecule has 1 atom stereocenters. The number of carbonyl (C=O) groups is 2. The Kier molecular flexibility index (Phi) is 9.29. The number of nitrogens with one attached hydrogen (secondary N) is 1. The van der Waals surface area contributed by atoms with Crippen LogP contribution in [-0.2, 0) is 21.8 Å². The van der Waals surface area contributed by atoms with Crippen molar-refractivity contribution in [1.29, 1.82) is 0 Å². The molecule has 1 aliphatic rings. The molecule has 2 aromatic carbocycles. The summed E-state index contributed by atoms with van der Waals surface area (Å²) in [6.45, 7) is 2.38. The molecule has 166 valence electrons. The van der Waals surface area contributed by atoms with Gasteiger partial charge in [-0.2, -0.15) is 0 Å². The highest BCUT2D eigenvalue weighted by Gasteiger charge is 2.28. The van der Waals surface area contributed by atoms with Crippen LogP contribution in [0.25, 0.3) is 0 Å². The van der Waals surface area contributed by atoms with E-state index in [1.165, 1.54) is 0 Å². The topological polar surface area (TPSA) is 49.4 Å². The normalized spacial score (nSPS) is 14.9. The number of amides is 2. The molecular formula is C25H31ClN2O2S. The van der Waals surface area contributed by atoms with Crippen molar-refractivity contribution in [2.75, 3.05) is 12.3 Å². The Morgan fingerprint density at radius 1 is 1.06 bits per heavy atom. The Labute approximate surface area is 194 Å². The molecule has 0 aromatic heterocycles. The first kappa shape index (κ1) is 23.7. The van der Waals surface area contributed by atoms with Crippen LogP contribution >= 0.6 is 23.4 Å². The standard InChI is InChI=1S/C25H31ClN2O2S/c1-19(25(30)27-23-9-5-6-10-23)28(16-15-20-7-3-2-4-8-20)24(29)18-31-17-21-11-13-22(26)14-12-21/h2-4,7-8,11-14,19,23H,5-6,9-10,15-18H2,1H3,(H,27,30). The summed E-state index contributed by atoms with van der Waals surface area (Å²) < 4.78 is 0. The van der Waals surface area contributed by atoms with Crippen LogP contribution in [0.4, 0.5) is 0 Å². The number of rotatable bonds is 10. The fraction of sp³-hybridized carbons (Fsp3) is 0.440. The summed E-state index contributed by atoms with van der Waals surface area (Å²) in [4.78, 5) is 27.7. The average Bonchev–Trinajstić information content (AvgIpc) is 3.29. The lowest BCUT2D eigenvalue weighted by Crippen LogP contribution is -2.51. The highest BCUT2D eigenvalue weighted by atomic mass is 35.5. The van der Waals surface area contributed by atoms with Crippen molar-refractivity contribution in [2.45, 2.75) is 56.9 Å². The fourth-order valence-electron chi connectivity index (χ4n) is 3.88. The molecule has 1 unspecified atom stereocenters. The lowest BCUT2D eigenvalue weighted by atomic mass is 10.1. The molecule has 2 aromatic rings. The molecule has 1 fully saturated rings. The van der Waals surface area contributed by atoms with Gasteiger partial charge >= 0.3 is 0 Å². The third-order valence-electron chi connectivity index (χ3n) is 5.76. The number of nitrogens with zero attached hydrogens (tertiary/aromatic N) is 1. The molecule has 4 nitrogen and oxygen atoms in total. The summed E-state index contributed by atoms with van der Waals surface area (Å²) in [6.07, 6.45) is 5.13. The van der Waals surface area contributed by atoms with Crippen LogP contribution in [-0.4, -0.2) is 41.1 Å². The third kappa shape index (κ3) is 7.58. The first-order valence-corrected chi connectivity index (χ1v) is 12.5. The first-order valence-electron chi connectivity index (χ1n) is 11.0. The molecule has 0 bridgehead atoms. The van der Waals surface area contributed by atoms with Gasteiger partial charge in [0.05, 0.1) is 5.75 Å². The molecule has 31 heavy (non-hydrogen) atoms. The summed E-state index contributed by atoms with van der Waals surface area (Å²) in [5.41, 5.74) is 2.29. The van der Waals surface area contributed by atoms with Crippen LogP contribution in [0.3, 0.4) is 0 Å². The van der Waals surface area contributed by atoms with Crippen molar-refractivity contribution in [1.82, 2.24) is 10.2 Å². The lowest BCUT2D eigenvalue weighted by Gasteiger charge is -2.29. The maximum absolute atomic E-state index is 13.1. The van der Waals surface area contributed by atoms with Gasteiger partial charge in [-0.05, 0) is 49.4 Å². The molecule has 0 heterocycles. The molecule has 6 heteroatoms. The maximum Gasteiger partial charge on any atom is 0.242 e. The summed E-state index contributed by atoms with van der Waals surface area (Å²) in [5, 5.41) is 3.85. The second-order valence-corrected chi connectivity index (χ2v) is 9.53. The highest BCUT2D eigenvalue weighted by Crippen LogP contribution is 2.19. The Morgan fingerprint density at radius 2 is 1.74 bits per heavy atom. The van der Waals surface area contributed by atoms with E-state index in [4.69, 9.17) is 11.6 Å². The number of hydrogen-bond acceptors (Lipinski definition) is 3. The molecule has 0 aliphatic heterocycles. The molecule has 1 N–H and O–H groups in total. The molecular weight excluding hydrogens is 428 g/mol. The average molecular weight is 459 g/mol. The van der Waals surface area contributed by atoms with Crippen molar-refractivity contribution >= 4 is 35.2 Å². The zero-order chi connectivity index (χ0) is 22.1. The van der Waals surface area contributed by atoms with Crippen molar-refractivity contribution in [3.63, 3.8) is 0 Å².